The molecule has 5 unspecified atom stereocenters. The highest BCUT2D eigenvalue weighted by Gasteiger charge is 2.36. The molecule has 0 saturated carbocycles. The van der Waals surface area contributed by atoms with Gasteiger partial charge in [-0.3, -0.25) is 23.4 Å². The first-order valence-corrected chi connectivity index (χ1v) is 23.3. The standard InChI is InChI=1S/C42H78NO11P/c1-3-5-7-8-9-10-11-12-13-14-15-16-20-23-27-31-40(44)50-33-36(34-51-55(48,49)52-35-37(43)42(46)47)53-41(45)32-28-24-21-18-17-19-22-26-30-39-38(54-39)29-25-6-4-2/h22,26,36-39H,3-21,23-25,27-35,43H2,1-2H3,(H,46,47)(H,48,49)/b26-22-. The van der Waals surface area contributed by atoms with Gasteiger partial charge in [0.1, 0.15) is 12.6 Å². The topological polar surface area (TPSA) is 184 Å². The number of allylic oxidation sites excluding steroid dienone is 1. The maximum absolute atomic E-state index is 12.6. The third kappa shape index (κ3) is 31.9. The Hall–Kier alpha value is -1.82. The Kier molecular flexibility index (Phi) is 31.9. The smallest absolute Gasteiger partial charge is 0.472 e. The molecule has 0 aromatic rings. The molecule has 1 fully saturated rings. The second-order valence-corrected chi connectivity index (χ2v) is 16.7. The first-order chi connectivity index (χ1) is 26.6. The monoisotopic (exact) mass is 804 g/mol. The predicted octanol–water partition coefficient (Wildman–Crippen LogP) is 10.3. The molecule has 0 spiro atoms. The summed E-state index contributed by atoms with van der Waals surface area (Å²) in [6.45, 7) is 2.77. The summed E-state index contributed by atoms with van der Waals surface area (Å²) >= 11 is 0. The zero-order chi connectivity index (χ0) is 40.4. The summed E-state index contributed by atoms with van der Waals surface area (Å²) in [4.78, 5) is 46.0. The van der Waals surface area contributed by atoms with Crippen LogP contribution in [0.3, 0.4) is 0 Å². The van der Waals surface area contributed by atoms with E-state index < -0.39 is 51.1 Å². The van der Waals surface area contributed by atoms with Crippen LogP contribution in [0.15, 0.2) is 12.2 Å². The minimum atomic E-state index is -4.72. The first-order valence-electron chi connectivity index (χ1n) is 21.8. The first kappa shape index (κ1) is 51.2. The minimum Gasteiger partial charge on any atom is -0.480 e. The fourth-order valence-electron chi connectivity index (χ4n) is 6.37. The lowest BCUT2D eigenvalue weighted by molar-refractivity contribution is -0.161. The van der Waals surface area contributed by atoms with Gasteiger partial charge < -0.3 is 29.9 Å². The van der Waals surface area contributed by atoms with Crippen LogP contribution in [0.25, 0.3) is 0 Å². The third-order valence-electron chi connectivity index (χ3n) is 9.94. The van der Waals surface area contributed by atoms with E-state index in [1.165, 1.54) is 96.3 Å². The number of epoxide rings is 1. The molecule has 5 atom stereocenters. The number of phosphoric ester groups is 1. The van der Waals surface area contributed by atoms with Crippen molar-refractivity contribution in [3.63, 3.8) is 0 Å². The number of hydrogen-bond acceptors (Lipinski definition) is 10. The summed E-state index contributed by atoms with van der Waals surface area (Å²) in [5.41, 5.74) is 5.33. The lowest BCUT2D eigenvalue weighted by Crippen LogP contribution is -2.34. The SMILES string of the molecule is CCCCCCCCCCCCCCCCCC(=O)OCC(COP(=O)(O)OCC(N)C(=O)O)OC(=O)CCCCCCC/C=C\CC1OC1CCCCC. The number of phosphoric acid groups is 1. The third-order valence-corrected chi connectivity index (χ3v) is 10.9. The van der Waals surface area contributed by atoms with Crippen LogP contribution in [0.4, 0.5) is 0 Å². The Bertz CT molecular complexity index is 1060. The van der Waals surface area contributed by atoms with E-state index in [0.29, 0.717) is 25.0 Å². The van der Waals surface area contributed by atoms with Gasteiger partial charge in [-0.05, 0) is 38.5 Å². The Labute approximate surface area is 333 Å². The zero-order valence-electron chi connectivity index (χ0n) is 34.5. The fourth-order valence-corrected chi connectivity index (χ4v) is 7.14. The molecular weight excluding hydrogens is 725 g/mol. The minimum absolute atomic E-state index is 0.144. The van der Waals surface area contributed by atoms with E-state index in [9.17, 15) is 23.8 Å². The van der Waals surface area contributed by atoms with Crippen LogP contribution in [-0.2, 0) is 42.2 Å². The van der Waals surface area contributed by atoms with Crippen molar-refractivity contribution in [3.05, 3.63) is 12.2 Å². The quantitative estimate of drug-likeness (QED) is 0.0175. The number of carbonyl (C=O) groups excluding carboxylic acids is 2. The number of aliphatic carboxylic acids is 1. The van der Waals surface area contributed by atoms with E-state index in [2.05, 4.69) is 30.5 Å². The molecule has 1 aliphatic rings. The molecule has 0 aromatic carbocycles. The number of ether oxygens (including phenoxy) is 3. The normalized spacial score (nSPS) is 17.5. The van der Waals surface area contributed by atoms with Gasteiger partial charge in [-0.1, -0.05) is 154 Å². The lowest BCUT2D eigenvalue weighted by atomic mass is 10.0. The van der Waals surface area contributed by atoms with E-state index >= 15 is 0 Å². The van der Waals surface area contributed by atoms with Gasteiger partial charge >= 0.3 is 25.7 Å². The Morgan fingerprint density at radius 3 is 1.71 bits per heavy atom. The highest BCUT2D eigenvalue weighted by molar-refractivity contribution is 7.47. The fraction of sp³-hybridized carbons (Fsp3) is 0.881. The number of hydrogen-bond donors (Lipinski definition) is 3. The summed E-state index contributed by atoms with van der Waals surface area (Å²) in [5, 5.41) is 8.89. The van der Waals surface area contributed by atoms with Gasteiger partial charge in [0, 0.05) is 12.8 Å². The maximum Gasteiger partial charge on any atom is 0.472 e. The molecule has 0 aromatic heterocycles. The van der Waals surface area contributed by atoms with Crippen LogP contribution >= 0.6 is 7.82 Å². The highest BCUT2D eigenvalue weighted by Crippen LogP contribution is 2.43. The zero-order valence-corrected chi connectivity index (χ0v) is 35.4. The van der Waals surface area contributed by atoms with Gasteiger partial charge in [-0.2, -0.15) is 0 Å². The van der Waals surface area contributed by atoms with Gasteiger partial charge in [0.05, 0.1) is 25.4 Å². The molecule has 0 amide bonds. The molecule has 1 aliphatic heterocycles. The molecule has 0 bridgehead atoms. The molecular formula is C42H78NO11P. The molecule has 322 valence electrons. The van der Waals surface area contributed by atoms with E-state index in [-0.39, 0.29) is 19.4 Å². The maximum atomic E-state index is 12.6. The summed E-state index contributed by atoms with van der Waals surface area (Å²) in [5.74, 6) is -2.39. The van der Waals surface area contributed by atoms with E-state index in [1.54, 1.807) is 0 Å². The molecule has 1 saturated heterocycles. The largest absolute Gasteiger partial charge is 0.480 e. The molecule has 0 aliphatic carbocycles. The van der Waals surface area contributed by atoms with Gasteiger partial charge in [0.2, 0.25) is 0 Å². The Morgan fingerprint density at radius 1 is 0.655 bits per heavy atom. The van der Waals surface area contributed by atoms with Gasteiger partial charge in [-0.25, -0.2) is 4.57 Å². The molecule has 1 heterocycles. The summed E-state index contributed by atoms with van der Waals surface area (Å²) in [7, 11) is -4.72. The second kappa shape index (κ2) is 34.2. The molecule has 0 radical (unpaired) electrons. The summed E-state index contributed by atoms with van der Waals surface area (Å²) in [6, 6.07) is -1.52. The van der Waals surface area contributed by atoms with Crippen LogP contribution in [0.1, 0.15) is 194 Å². The summed E-state index contributed by atoms with van der Waals surface area (Å²) in [6.07, 6.45) is 34.4. The predicted molar refractivity (Wildman–Crippen MR) is 217 cm³/mol. The molecule has 4 N–H and O–H groups in total. The van der Waals surface area contributed by atoms with Gasteiger partial charge in [-0.15, -0.1) is 0 Å². The lowest BCUT2D eigenvalue weighted by Gasteiger charge is -2.20. The summed E-state index contributed by atoms with van der Waals surface area (Å²) < 4.78 is 38.4. The van der Waals surface area contributed by atoms with Crippen LogP contribution in [-0.4, -0.2) is 72.1 Å². The molecule has 13 heteroatoms. The van der Waals surface area contributed by atoms with Gasteiger partial charge in [0.25, 0.3) is 0 Å². The van der Waals surface area contributed by atoms with Crippen molar-refractivity contribution in [1.82, 2.24) is 0 Å². The van der Waals surface area contributed by atoms with Crippen molar-refractivity contribution in [2.45, 2.75) is 218 Å². The van der Waals surface area contributed by atoms with Crippen molar-refractivity contribution in [3.8, 4) is 0 Å². The van der Waals surface area contributed by atoms with E-state index in [0.717, 1.165) is 57.8 Å². The Balaban J connectivity index is 2.27. The van der Waals surface area contributed by atoms with Gasteiger partial charge in [0.15, 0.2) is 6.10 Å². The average molecular weight is 804 g/mol. The molecule has 12 nitrogen and oxygen atoms in total. The number of nitrogens with two attached hydrogens (primary N) is 1. The van der Waals surface area contributed by atoms with Crippen LogP contribution < -0.4 is 5.73 Å². The number of carboxylic acids is 1. The molecule has 1 rings (SSSR count). The van der Waals surface area contributed by atoms with Crippen LogP contribution in [0.5, 0.6) is 0 Å². The number of esters is 2. The average Bonchev–Trinajstić information content (AvgIpc) is 3.91. The van der Waals surface area contributed by atoms with Crippen molar-refractivity contribution in [1.29, 1.82) is 0 Å². The van der Waals surface area contributed by atoms with Crippen molar-refractivity contribution in [2.24, 2.45) is 5.73 Å². The Morgan fingerprint density at radius 2 is 1.15 bits per heavy atom. The van der Waals surface area contributed by atoms with Crippen molar-refractivity contribution >= 4 is 25.7 Å². The highest BCUT2D eigenvalue weighted by atomic mass is 31.2. The number of unbranched alkanes of at least 4 members (excludes halogenated alkanes) is 21. The molecule has 55 heavy (non-hydrogen) atoms. The number of carboxylic acid groups (broad SMARTS) is 1. The van der Waals surface area contributed by atoms with E-state index in [1.807, 2.05) is 0 Å². The van der Waals surface area contributed by atoms with E-state index in [4.69, 9.17) is 29.6 Å². The van der Waals surface area contributed by atoms with Crippen LogP contribution in [0, 0.1) is 0 Å². The number of carbonyl (C=O) groups is 3. The number of rotatable bonds is 40. The second-order valence-electron chi connectivity index (χ2n) is 15.2. The van der Waals surface area contributed by atoms with Crippen LogP contribution in [0.2, 0.25) is 0 Å². The van der Waals surface area contributed by atoms with Crippen molar-refractivity contribution < 1.29 is 52.2 Å². The van der Waals surface area contributed by atoms with Crippen molar-refractivity contribution in [2.75, 3.05) is 19.8 Å².